The second-order valence-corrected chi connectivity index (χ2v) is 6.91. The first-order valence-corrected chi connectivity index (χ1v) is 8.56. The van der Waals surface area contributed by atoms with Crippen molar-refractivity contribution in [1.29, 1.82) is 0 Å². The Kier molecular flexibility index (Phi) is 8.89. The van der Waals surface area contributed by atoms with Gasteiger partial charge in [0.15, 0.2) is 0 Å². The lowest BCUT2D eigenvalue weighted by molar-refractivity contribution is 0.245. The third-order valence-corrected chi connectivity index (χ3v) is 3.20. The van der Waals surface area contributed by atoms with Crippen molar-refractivity contribution in [1.82, 2.24) is 0 Å². The molecule has 0 aliphatic carbocycles. The zero-order chi connectivity index (χ0) is 9.40. The van der Waals surface area contributed by atoms with Crippen LogP contribution in [0.3, 0.4) is 0 Å². The van der Waals surface area contributed by atoms with Gasteiger partial charge >= 0.3 is 7.66 Å². The standard InChI is InChI=1S/C8H18Cl2OSi/c1-3-5-6-8(4-2)7-11-12(9)10/h8,12H,3-7H2,1-2H3. The van der Waals surface area contributed by atoms with Gasteiger partial charge in [0, 0.05) is 6.61 Å². The molecule has 4 heteroatoms. The Balaban J connectivity index is 3.39. The fraction of sp³-hybridized carbons (Fsp3) is 1.00. The summed E-state index contributed by atoms with van der Waals surface area (Å²) < 4.78 is 5.26. The van der Waals surface area contributed by atoms with Gasteiger partial charge in [0.2, 0.25) is 0 Å². The van der Waals surface area contributed by atoms with Crippen molar-refractivity contribution in [2.45, 2.75) is 39.5 Å². The van der Waals surface area contributed by atoms with E-state index in [-0.39, 0.29) is 0 Å². The quantitative estimate of drug-likeness (QED) is 0.480. The zero-order valence-electron chi connectivity index (χ0n) is 7.85. The molecule has 1 atom stereocenters. The molecule has 1 unspecified atom stereocenters. The summed E-state index contributed by atoms with van der Waals surface area (Å²) in [4.78, 5) is 0. The summed E-state index contributed by atoms with van der Waals surface area (Å²) >= 11 is 11.2. The maximum Gasteiger partial charge on any atom is 0.373 e. The van der Waals surface area contributed by atoms with Crippen LogP contribution in [-0.2, 0) is 4.43 Å². The van der Waals surface area contributed by atoms with E-state index in [1.807, 2.05) is 0 Å². The number of hydrogen-bond donors (Lipinski definition) is 0. The average molecular weight is 229 g/mol. The van der Waals surface area contributed by atoms with Gasteiger partial charge in [-0.05, 0) is 12.3 Å². The fourth-order valence-corrected chi connectivity index (χ4v) is 1.96. The molecule has 0 bridgehead atoms. The molecule has 1 nitrogen and oxygen atoms in total. The van der Waals surface area contributed by atoms with Crippen LogP contribution in [0.15, 0.2) is 0 Å². The third-order valence-electron chi connectivity index (χ3n) is 2.00. The Labute approximate surface area is 86.5 Å². The largest absolute Gasteiger partial charge is 0.394 e. The van der Waals surface area contributed by atoms with Gasteiger partial charge in [0.1, 0.15) is 0 Å². The van der Waals surface area contributed by atoms with Crippen molar-refractivity contribution in [3.63, 3.8) is 0 Å². The normalized spacial score (nSPS) is 13.8. The SMILES string of the molecule is CCCCC(CC)CO[SiH](Cl)Cl. The second kappa shape index (κ2) is 8.36. The second-order valence-electron chi connectivity index (χ2n) is 3.01. The molecule has 0 heterocycles. The Morgan fingerprint density at radius 1 is 1.33 bits per heavy atom. The van der Waals surface area contributed by atoms with Gasteiger partial charge in [0.05, 0.1) is 0 Å². The Morgan fingerprint density at radius 3 is 2.42 bits per heavy atom. The van der Waals surface area contributed by atoms with Gasteiger partial charge in [-0.3, -0.25) is 0 Å². The summed E-state index contributed by atoms with van der Waals surface area (Å²) in [5, 5.41) is 0. The minimum Gasteiger partial charge on any atom is -0.394 e. The van der Waals surface area contributed by atoms with Crippen LogP contribution in [0.4, 0.5) is 0 Å². The van der Waals surface area contributed by atoms with Gasteiger partial charge in [-0.1, -0.05) is 33.1 Å². The lowest BCUT2D eigenvalue weighted by atomic mass is 10.0. The molecule has 0 aliphatic heterocycles. The molecule has 0 saturated heterocycles. The van der Waals surface area contributed by atoms with Crippen LogP contribution < -0.4 is 0 Å². The van der Waals surface area contributed by atoms with Crippen LogP contribution in [0.25, 0.3) is 0 Å². The van der Waals surface area contributed by atoms with Gasteiger partial charge < -0.3 is 4.43 Å². The third kappa shape index (κ3) is 7.41. The van der Waals surface area contributed by atoms with Crippen LogP contribution >= 0.6 is 22.2 Å². The van der Waals surface area contributed by atoms with Crippen LogP contribution in [-0.4, -0.2) is 14.3 Å². The number of halogens is 2. The zero-order valence-corrected chi connectivity index (χ0v) is 10.5. The minimum atomic E-state index is -1.83. The van der Waals surface area contributed by atoms with Gasteiger partial charge in [-0.2, -0.15) is 0 Å². The lowest BCUT2D eigenvalue weighted by Gasteiger charge is -2.14. The van der Waals surface area contributed by atoms with E-state index >= 15 is 0 Å². The Morgan fingerprint density at radius 2 is 2.00 bits per heavy atom. The van der Waals surface area contributed by atoms with Crippen molar-refractivity contribution in [3.8, 4) is 0 Å². The summed E-state index contributed by atoms with van der Waals surface area (Å²) in [6.07, 6.45) is 4.93. The predicted molar refractivity (Wildman–Crippen MR) is 58.1 cm³/mol. The monoisotopic (exact) mass is 228 g/mol. The topological polar surface area (TPSA) is 9.23 Å². The van der Waals surface area contributed by atoms with Crippen molar-refractivity contribution >= 4 is 29.8 Å². The van der Waals surface area contributed by atoms with E-state index in [1.165, 1.54) is 19.3 Å². The number of hydrogen-bond acceptors (Lipinski definition) is 1. The molecule has 0 aromatic carbocycles. The van der Waals surface area contributed by atoms with Crippen molar-refractivity contribution < 1.29 is 4.43 Å². The summed E-state index contributed by atoms with van der Waals surface area (Å²) in [6.45, 7) is 5.14. The average Bonchev–Trinajstić information content (AvgIpc) is 2.05. The summed E-state index contributed by atoms with van der Waals surface area (Å²) in [6, 6.07) is 0. The first-order chi connectivity index (χ1) is 5.70. The van der Waals surface area contributed by atoms with E-state index in [0.717, 1.165) is 13.0 Å². The smallest absolute Gasteiger partial charge is 0.373 e. The molecular formula is C8H18Cl2OSi. The molecule has 12 heavy (non-hydrogen) atoms. The highest BCUT2D eigenvalue weighted by atomic mass is 35.7. The molecule has 0 N–H and O–H groups in total. The molecule has 0 aliphatic rings. The lowest BCUT2D eigenvalue weighted by Crippen LogP contribution is -2.13. The molecule has 0 aromatic heterocycles. The minimum absolute atomic E-state index is 0.650. The summed E-state index contributed by atoms with van der Waals surface area (Å²) in [5.74, 6) is 0.650. The summed E-state index contributed by atoms with van der Waals surface area (Å²) in [5.41, 5.74) is 0. The first kappa shape index (κ1) is 12.8. The van der Waals surface area contributed by atoms with Gasteiger partial charge in [-0.25, -0.2) is 0 Å². The highest BCUT2D eigenvalue weighted by Crippen LogP contribution is 2.14. The van der Waals surface area contributed by atoms with E-state index in [0.29, 0.717) is 5.92 Å². The highest BCUT2D eigenvalue weighted by Gasteiger charge is 2.09. The molecule has 0 rings (SSSR count). The molecule has 0 fully saturated rings. The van der Waals surface area contributed by atoms with Crippen LogP contribution in [0.1, 0.15) is 39.5 Å². The van der Waals surface area contributed by atoms with Gasteiger partial charge in [-0.15, -0.1) is 22.2 Å². The molecule has 0 amide bonds. The number of unbranched alkanes of at least 4 members (excludes halogenated alkanes) is 1. The van der Waals surface area contributed by atoms with E-state index in [1.54, 1.807) is 0 Å². The van der Waals surface area contributed by atoms with Crippen molar-refractivity contribution in [2.75, 3.05) is 6.61 Å². The molecule has 74 valence electrons. The Bertz CT molecular complexity index is 101. The van der Waals surface area contributed by atoms with E-state index in [9.17, 15) is 0 Å². The highest BCUT2D eigenvalue weighted by molar-refractivity contribution is 7.30. The molecule has 0 saturated carbocycles. The summed E-state index contributed by atoms with van der Waals surface area (Å²) in [7, 11) is -1.83. The predicted octanol–water partition coefficient (Wildman–Crippen LogP) is 3.41. The Hall–Kier alpha value is 0.757. The molecule has 0 aromatic rings. The fourth-order valence-electron chi connectivity index (χ4n) is 1.11. The van der Waals surface area contributed by atoms with Crippen molar-refractivity contribution in [3.05, 3.63) is 0 Å². The molecule has 0 spiro atoms. The van der Waals surface area contributed by atoms with E-state index in [2.05, 4.69) is 13.8 Å². The van der Waals surface area contributed by atoms with Crippen molar-refractivity contribution in [2.24, 2.45) is 5.92 Å². The first-order valence-electron chi connectivity index (χ1n) is 4.60. The maximum atomic E-state index is 5.59. The van der Waals surface area contributed by atoms with E-state index in [4.69, 9.17) is 26.6 Å². The molecular weight excluding hydrogens is 211 g/mol. The van der Waals surface area contributed by atoms with Crippen LogP contribution in [0.5, 0.6) is 0 Å². The van der Waals surface area contributed by atoms with E-state index < -0.39 is 7.66 Å². The number of rotatable bonds is 7. The maximum absolute atomic E-state index is 5.59. The van der Waals surface area contributed by atoms with Crippen LogP contribution in [0.2, 0.25) is 0 Å². The van der Waals surface area contributed by atoms with Crippen LogP contribution in [0, 0.1) is 5.92 Å². The molecule has 0 radical (unpaired) electrons. The van der Waals surface area contributed by atoms with Gasteiger partial charge in [0.25, 0.3) is 0 Å².